The average Bonchev–Trinajstić information content (AvgIpc) is 2.44. The molecule has 0 saturated carbocycles. The Morgan fingerprint density at radius 1 is 0.913 bits per heavy atom. The van der Waals surface area contributed by atoms with Crippen molar-refractivity contribution < 1.29 is 37.6 Å². The van der Waals surface area contributed by atoms with Crippen molar-refractivity contribution in [1.82, 2.24) is 0 Å². The summed E-state index contributed by atoms with van der Waals surface area (Å²) in [6.45, 7) is 12.9. The molecule has 0 saturated heterocycles. The van der Waals surface area contributed by atoms with Crippen molar-refractivity contribution in [3.05, 3.63) is 25.3 Å². The number of ether oxygens (including phenoxy) is 2. The van der Waals surface area contributed by atoms with Crippen LogP contribution in [0.1, 0.15) is 27.7 Å². The van der Waals surface area contributed by atoms with E-state index in [1.54, 1.807) is 27.7 Å². The largest absolute Gasteiger partial charge is 0.478 e. The minimum absolute atomic E-state index is 0.434. The molecule has 0 bridgehead atoms. The summed E-state index contributed by atoms with van der Waals surface area (Å²) in [5, 5.41) is 0. The Kier molecular flexibility index (Phi) is 9.01. The maximum atomic E-state index is 12.1. The second-order valence-electron chi connectivity index (χ2n) is 5.19. The molecule has 0 aliphatic rings. The third-order valence-electron chi connectivity index (χ3n) is 2.36. The number of rotatable bonds is 10. The SMILES string of the molecule is C=CC(=O)OC(OP(=O)(O)OC(OC(=O)C=C)C(C)C)C(C)C. The van der Waals surface area contributed by atoms with Gasteiger partial charge in [-0.1, -0.05) is 40.9 Å². The number of carbonyl (C=O) groups excluding carboxylic acids is 2. The van der Waals surface area contributed by atoms with E-state index in [1.165, 1.54) is 0 Å². The van der Waals surface area contributed by atoms with Gasteiger partial charge < -0.3 is 14.4 Å². The Bertz CT molecular complexity index is 445. The molecule has 0 radical (unpaired) electrons. The Balaban J connectivity index is 5.01. The van der Waals surface area contributed by atoms with Crippen LogP contribution in [-0.2, 0) is 32.7 Å². The first-order valence-electron chi connectivity index (χ1n) is 6.88. The van der Waals surface area contributed by atoms with Crippen molar-refractivity contribution in [3.8, 4) is 0 Å². The molecule has 0 rings (SSSR count). The van der Waals surface area contributed by atoms with Crippen molar-refractivity contribution in [3.63, 3.8) is 0 Å². The fraction of sp³-hybridized carbons (Fsp3) is 0.571. The highest BCUT2D eigenvalue weighted by Gasteiger charge is 2.35. The lowest BCUT2D eigenvalue weighted by Gasteiger charge is -2.26. The zero-order valence-electron chi connectivity index (χ0n) is 13.6. The molecule has 0 aromatic carbocycles. The van der Waals surface area contributed by atoms with E-state index >= 15 is 0 Å². The first-order valence-corrected chi connectivity index (χ1v) is 8.37. The quantitative estimate of drug-likeness (QED) is 0.277. The van der Waals surface area contributed by atoms with Gasteiger partial charge in [0.15, 0.2) is 0 Å². The second kappa shape index (κ2) is 9.62. The molecule has 23 heavy (non-hydrogen) atoms. The number of phosphoric acid groups is 1. The van der Waals surface area contributed by atoms with Gasteiger partial charge in [-0.25, -0.2) is 23.2 Å². The van der Waals surface area contributed by atoms with E-state index in [2.05, 4.69) is 13.2 Å². The van der Waals surface area contributed by atoms with E-state index in [1.807, 2.05) is 0 Å². The van der Waals surface area contributed by atoms with Crippen LogP contribution in [0.15, 0.2) is 25.3 Å². The summed E-state index contributed by atoms with van der Waals surface area (Å²) in [6, 6.07) is 0. The van der Waals surface area contributed by atoms with E-state index in [9.17, 15) is 19.0 Å². The molecule has 0 aromatic rings. The first kappa shape index (κ1) is 21.5. The van der Waals surface area contributed by atoms with Gasteiger partial charge in [-0.3, -0.25) is 0 Å². The number of phosphoric ester groups is 1. The van der Waals surface area contributed by atoms with Gasteiger partial charge in [0.05, 0.1) is 0 Å². The number of esters is 2. The number of carbonyl (C=O) groups is 2. The molecule has 2 unspecified atom stereocenters. The van der Waals surface area contributed by atoms with E-state index in [4.69, 9.17) is 18.5 Å². The molecule has 0 spiro atoms. The van der Waals surface area contributed by atoms with E-state index in [0.29, 0.717) is 0 Å². The molecule has 0 aliphatic heterocycles. The summed E-state index contributed by atoms with van der Waals surface area (Å²) in [5.41, 5.74) is 0. The van der Waals surface area contributed by atoms with Gasteiger partial charge in [0, 0.05) is 24.0 Å². The van der Waals surface area contributed by atoms with Crippen LogP contribution in [0, 0.1) is 11.8 Å². The molecule has 0 aromatic heterocycles. The Labute approximate surface area is 135 Å². The fourth-order valence-electron chi connectivity index (χ4n) is 1.17. The zero-order chi connectivity index (χ0) is 18.2. The van der Waals surface area contributed by atoms with Crippen LogP contribution in [0.25, 0.3) is 0 Å². The molecule has 8 nitrogen and oxygen atoms in total. The third-order valence-corrected chi connectivity index (χ3v) is 3.31. The monoisotopic (exact) mass is 350 g/mol. The van der Waals surface area contributed by atoms with Gasteiger partial charge >= 0.3 is 19.8 Å². The Hall–Kier alpha value is -1.47. The van der Waals surface area contributed by atoms with E-state index in [0.717, 1.165) is 12.2 Å². The predicted octanol–water partition coefficient (Wildman–Crippen LogP) is 2.54. The third kappa shape index (κ3) is 8.66. The summed E-state index contributed by atoms with van der Waals surface area (Å²) in [5.74, 6) is -2.50. The van der Waals surface area contributed by atoms with Crippen molar-refractivity contribution in [2.75, 3.05) is 0 Å². The highest BCUT2D eigenvalue weighted by atomic mass is 31.2. The van der Waals surface area contributed by atoms with Crippen molar-refractivity contribution in [2.24, 2.45) is 11.8 Å². The lowest BCUT2D eigenvalue weighted by Crippen LogP contribution is -2.29. The Morgan fingerprint density at radius 3 is 1.43 bits per heavy atom. The minimum atomic E-state index is -4.67. The van der Waals surface area contributed by atoms with Crippen molar-refractivity contribution >= 4 is 19.8 Å². The van der Waals surface area contributed by atoms with Gasteiger partial charge in [-0.15, -0.1) is 0 Å². The van der Waals surface area contributed by atoms with Gasteiger partial charge in [-0.2, -0.15) is 0 Å². The van der Waals surface area contributed by atoms with Gasteiger partial charge in [0.1, 0.15) is 0 Å². The summed E-state index contributed by atoms with van der Waals surface area (Å²) in [6.07, 6.45) is -0.881. The maximum absolute atomic E-state index is 12.1. The number of hydrogen-bond acceptors (Lipinski definition) is 7. The van der Waals surface area contributed by atoms with E-state index in [-0.39, 0.29) is 0 Å². The minimum Gasteiger partial charge on any atom is -0.432 e. The molecule has 0 aliphatic carbocycles. The van der Waals surface area contributed by atoms with Crippen LogP contribution in [0.4, 0.5) is 0 Å². The molecule has 0 fully saturated rings. The smallest absolute Gasteiger partial charge is 0.432 e. The lowest BCUT2D eigenvalue weighted by molar-refractivity contribution is -0.176. The molecule has 0 heterocycles. The molecular weight excluding hydrogens is 327 g/mol. The van der Waals surface area contributed by atoms with E-state index < -0.39 is 44.2 Å². The molecular formula is C14H23O8P. The summed E-state index contributed by atoms with van der Waals surface area (Å²) in [7, 11) is -4.67. The standard InChI is InChI=1S/C14H23O8P/c1-7-11(15)19-13(9(3)4)21-23(17,18)22-14(10(5)6)20-12(16)8-2/h7-10,13-14H,1-2H2,3-6H3,(H,17,18). The van der Waals surface area contributed by atoms with Gasteiger partial charge in [0.25, 0.3) is 0 Å². The molecule has 1 N–H and O–H groups in total. The molecule has 132 valence electrons. The van der Waals surface area contributed by atoms with Gasteiger partial charge in [-0.05, 0) is 0 Å². The molecule has 0 amide bonds. The normalized spacial score (nSPS) is 16.3. The summed E-state index contributed by atoms with van der Waals surface area (Å²) < 4.78 is 31.4. The van der Waals surface area contributed by atoms with Crippen molar-refractivity contribution in [2.45, 2.75) is 40.3 Å². The highest BCUT2D eigenvalue weighted by molar-refractivity contribution is 7.47. The van der Waals surface area contributed by atoms with Crippen LogP contribution in [0.3, 0.4) is 0 Å². The molecule has 9 heteroatoms. The van der Waals surface area contributed by atoms with Gasteiger partial charge in [0.2, 0.25) is 12.6 Å². The second-order valence-corrected chi connectivity index (χ2v) is 6.54. The van der Waals surface area contributed by atoms with Crippen LogP contribution in [0.2, 0.25) is 0 Å². The maximum Gasteiger partial charge on any atom is 0.478 e. The molecule has 2 atom stereocenters. The highest BCUT2D eigenvalue weighted by Crippen LogP contribution is 2.48. The van der Waals surface area contributed by atoms with Crippen LogP contribution in [-0.4, -0.2) is 29.4 Å². The summed E-state index contributed by atoms with van der Waals surface area (Å²) >= 11 is 0. The lowest BCUT2D eigenvalue weighted by atomic mass is 10.2. The van der Waals surface area contributed by atoms with Crippen molar-refractivity contribution in [1.29, 1.82) is 0 Å². The summed E-state index contributed by atoms with van der Waals surface area (Å²) in [4.78, 5) is 32.2. The zero-order valence-corrected chi connectivity index (χ0v) is 14.5. The number of hydrogen-bond donors (Lipinski definition) is 1. The van der Waals surface area contributed by atoms with Crippen LogP contribution >= 0.6 is 7.82 Å². The first-order chi connectivity index (χ1) is 10.5. The van der Waals surface area contributed by atoms with Crippen LogP contribution in [0.5, 0.6) is 0 Å². The fourth-order valence-corrected chi connectivity index (χ4v) is 2.32. The topological polar surface area (TPSA) is 108 Å². The van der Waals surface area contributed by atoms with Crippen LogP contribution < -0.4 is 0 Å². The predicted molar refractivity (Wildman–Crippen MR) is 81.8 cm³/mol. The Morgan fingerprint density at radius 2 is 1.22 bits per heavy atom. The average molecular weight is 350 g/mol.